The molecule has 2 aromatic heterocycles. The van der Waals surface area contributed by atoms with Gasteiger partial charge in [0.05, 0.1) is 29.2 Å². The number of aryl methyl sites for hydroxylation is 1. The molecule has 2 aliphatic rings. The first-order valence-corrected chi connectivity index (χ1v) is 15.0. The van der Waals surface area contributed by atoms with Gasteiger partial charge >= 0.3 is 0 Å². The van der Waals surface area contributed by atoms with E-state index >= 15 is 0 Å². The molecule has 0 radical (unpaired) electrons. The Kier molecular flexibility index (Phi) is 7.32. The Balaban J connectivity index is 1.46. The zero-order valence-corrected chi connectivity index (χ0v) is 23.3. The molecule has 2 saturated heterocycles. The van der Waals surface area contributed by atoms with Crippen molar-refractivity contribution in [1.29, 1.82) is 0 Å². The Morgan fingerprint density at radius 2 is 2.03 bits per heavy atom. The average molecular weight is 558 g/mol. The number of aliphatic imine (C=N–C) groups is 1. The summed E-state index contributed by atoms with van der Waals surface area (Å²) < 4.78 is 28.1. The first-order chi connectivity index (χ1) is 18.1. The molecule has 0 aliphatic carbocycles. The molecule has 1 aromatic carbocycles. The van der Waals surface area contributed by atoms with Crippen LogP contribution in [0.5, 0.6) is 0 Å². The van der Waals surface area contributed by atoms with Crippen LogP contribution >= 0.6 is 11.6 Å². The summed E-state index contributed by atoms with van der Waals surface area (Å²) in [7, 11) is -1.77. The molecule has 2 aliphatic heterocycles. The second-order valence-corrected chi connectivity index (χ2v) is 12.3. The molecule has 0 bridgehead atoms. The molecule has 202 valence electrons. The average Bonchev–Trinajstić information content (AvgIpc) is 3.50. The Morgan fingerprint density at radius 1 is 1.21 bits per heavy atom. The van der Waals surface area contributed by atoms with Crippen molar-refractivity contribution in [3.63, 3.8) is 0 Å². The van der Waals surface area contributed by atoms with Gasteiger partial charge in [-0.3, -0.25) is 9.52 Å². The van der Waals surface area contributed by atoms with Crippen LogP contribution in [0, 0.1) is 12.8 Å². The number of likely N-dealkylation sites (tertiary alicyclic amines) is 1. The molecule has 5 rings (SSSR count). The fraction of sp³-hybridized carbons (Fsp3) is 0.462. The van der Waals surface area contributed by atoms with Crippen LogP contribution in [0.4, 0.5) is 11.5 Å². The van der Waals surface area contributed by atoms with E-state index in [1.807, 2.05) is 25.4 Å². The van der Waals surface area contributed by atoms with Gasteiger partial charge in [-0.2, -0.15) is 5.10 Å². The number of carbonyl (C=O) groups excluding carboxylic acids is 1. The largest absolute Gasteiger partial charge is 0.356 e. The molecule has 0 spiro atoms. The van der Waals surface area contributed by atoms with Gasteiger partial charge in [0, 0.05) is 61.7 Å². The van der Waals surface area contributed by atoms with Crippen LogP contribution in [0.3, 0.4) is 0 Å². The van der Waals surface area contributed by atoms with Crippen LogP contribution in [0.2, 0.25) is 5.02 Å². The fourth-order valence-electron chi connectivity index (χ4n) is 5.43. The maximum atomic E-state index is 13.8. The SMILES string of the molecule is CN=C[C@H]1CCN(c2nc3cc([C@@H]4CCCCN4C(=O)c4cc(Cl)ccc4NS(C)(=O)=O)nn3cc2C)C1. The number of nitrogens with one attached hydrogen (secondary N) is 1. The van der Waals surface area contributed by atoms with Gasteiger partial charge in [0.25, 0.3) is 5.91 Å². The Labute approximate surface area is 227 Å². The predicted octanol–water partition coefficient (Wildman–Crippen LogP) is 3.96. The molecule has 2 atom stereocenters. The minimum absolute atomic E-state index is 0.209. The van der Waals surface area contributed by atoms with E-state index in [1.165, 1.54) is 12.1 Å². The molecular formula is C26H32ClN7O3S. The molecule has 38 heavy (non-hydrogen) atoms. The summed E-state index contributed by atoms with van der Waals surface area (Å²) in [6.45, 7) is 4.39. The van der Waals surface area contributed by atoms with Crippen LogP contribution in [-0.2, 0) is 10.0 Å². The smallest absolute Gasteiger partial charge is 0.256 e. The zero-order valence-electron chi connectivity index (χ0n) is 21.8. The van der Waals surface area contributed by atoms with Crippen molar-refractivity contribution in [1.82, 2.24) is 19.5 Å². The number of carbonyl (C=O) groups is 1. The normalized spacial score (nSPS) is 20.5. The summed E-state index contributed by atoms with van der Waals surface area (Å²) in [5.74, 6) is 1.09. The third-order valence-electron chi connectivity index (χ3n) is 7.12. The predicted molar refractivity (Wildman–Crippen MR) is 150 cm³/mol. The number of benzene rings is 1. The highest BCUT2D eigenvalue weighted by Gasteiger charge is 2.32. The number of anilines is 2. The lowest BCUT2D eigenvalue weighted by molar-refractivity contribution is 0.0607. The van der Waals surface area contributed by atoms with Gasteiger partial charge in [0.15, 0.2) is 5.65 Å². The third-order valence-corrected chi connectivity index (χ3v) is 7.95. The molecule has 1 amide bonds. The van der Waals surface area contributed by atoms with Crippen molar-refractivity contribution in [2.75, 3.05) is 42.6 Å². The van der Waals surface area contributed by atoms with Crippen LogP contribution in [0.1, 0.15) is 53.3 Å². The minimum Gasteiger partial charge on any atom is -0.356 e. The molecule has 3 aromatic rings. The maximum absolute atomic E-state index is 13.8. The lowest BCUT2D eigenvalue weighted by atomic mass is 9.98. The molecular weight excluding hydrogens is 526 g/mol. The van der Waals surface area contributed by atoms with E-state index in [4.69, 9.17) is 21.7 Å². The van der Waals surface area contributed by atoms with Crippen molar-refractivity contribution in [2.45, 2.75) is 38.6 Å². The maximum Gasteiger partial charge on any atom is 0.256 e. The van der Waals surface area contributed by atoms with Gasteiger partial charge < -0.3 is 14.8 Å². The summed E-state index contributed by atoms with van der Waals surface area (Å²) in [6.07, 6.45) is 8.66. The number of hydrogen-bond acceptors (Lipinski definition) is 7. The van der Waals surface area contributed by atoms with Crippen molar-refractivity contribution in [2.24, 2.45) is 10.9 Å². The molecule has 1 N–H and O–H groups in total. The summed E-state index contributed by atoms with van der Waals surface area (Å²) in [6, 6.07) is 6.28. The monoisotopic (exact) mass is 557 g/mol. The molecule has 4 heterocycles. The summed E-state index contributed by atoms with van der Waals surface area (Å²) >= 11 is 6.20. The number of piperidine rings is 1. The highest BCUT2D eigenvalue weighted by Crippen LogP contribution is 2.34. The van der Waals surface area contributed by atoms with Crippen LogP contribution in [0.15, 0.2) is 35.5 Å². The second kappa shape index (κ2) is 10.5. The molecule has 12 heteroatoms. The standard InChI is InChI=1S/C26H32ClN7O3S/c1-17-15-34-24(29-25(17)32-11-9-18(16-32)14-28-2)13-22(30-34)23-6-4-5-10-33(23)26(35)20-12-19(27)7-8-21(20)31-38(3,36)37/h7-8,12-15,18,23,31H,4-6,9-11,16H2,1-3H3/t18-,23+/m1/s1. The number of fused-ring (bicyclic) bond motifs is 1. The van der Waals surface area contributed by atoms with Gasteiger partial charge in [0.1, 0.15) is 5.82 Å². The topological polar surface area (TPSA) is 112 Å². The Hall–Kier alpha value is -3.18. The lowest BCUT2D eigenvalue weighted by Gasteiger charge is -2.35. The second-order valence-electron chi connectivity index (χ2n) is 10.1. The van der Waals surface area contributed by atoms with Gasteiger partial charge in [-0.15, -0.1) is 0 Å². The first-order valence-electron chi connectivity index (χ1n) is 12.8. The summed E-state index contributed by atoms with van der Waals surface area (Å²) in [4.78, 5) is 27.0. The first kappa shape index (κ1) is 26.4. The van der Waals surface area contributed by atoms with Gasteiger partial charge in [0.2, 0.25) is 10.0 Å². The van der Waals surface area contributed by atoms with Crippen molar-refractivity contribution in [3.8, 4) is 0 Å². The highest BCUT2D eigenvalue weighted by molar-refractivity contribution is 7.92. The number of halogens is 1. The number of sulfonamides is 1. The van der Waals surface area contributed by atoms with Gasteiger partial charge in [-0.1, -0.05) is 11.6 Å². The van der Waals surface area contributed by atoms with Crippen molar-refractivity contribution >= 4 is 50.9 Å². The van der Waals surface area contributed by atoms with Crippen LogP contribution in [0.25, 0.3) is 5.65 Å². The zero-order chi connectivity index (χ0) is 27.0. The summed E-state index contributed by atoms with van der Waals surface area (Å²) in [5.41, 5.74) is 2.95. The van der Waals surface area contributed by atoms with Crippen LogP contribution in [-0.4, -0.2) is 73.0 Å². The van der Waals surface area contributed by atoms with Gasteiger partial charge in [-0.25, -0.2) is 17.9 Å². The number of nitrogens with zero attached hydrogens (tertiary/aromatic N) is 6. The number of amides is 1. The molecule has 0 unspecified atom stereocenters. The highest BCUT2D eigenvalue weighted by atomic mass is 35.5. The van der Waals surface area contributed by atoms with E-state index in [0.29, 0.717) is 17.5 Å². The van der Waals surface area contributed by atoms with E-state index in [-0.39, 0.29) is 23.2 Å². The minimum atomic E-state index is -3.58. The quantitative estimate of drug-likeness (QED) is 0.459. The lowest BCUT2D eigenvalue weighted by Crippen LogP contribution is -2.39. The number of aromatic nitrogens is 3. The Bertz CT molecular complexity index is 1500. The van der Waals surface area contributed by atoms with E-state index in [2.05, 4.69) is 14.6 Å². The Morgan fingerprint density at radius 3 is 2.79 bits per heavy atom. The van der Waals surface area contributed by atoms with Gasteiger partial charge in [-0.05, 0) is 50.8 Å². The van der Waals surface area contributed by atoms with Crippen molar-refractivity contribution in [3.05, 3.63) is 52.3 Å². The van der Waals surface area contributed by atoms with E-state index in [0.717, 1.165) is 67.8 Å². The molecule has 10 nitrogen and oxygen atoms in total. The number of rotatable bonds is 6. The fourth-order valence-corrected chi connectivity index (χ4v) is 6.18. The van der Waals surface area contributed by atoms with E-state index in [9.17, 15) is 13.2 Å². The number of hydrogen-bond donors (Lipinski definition) is 1. The van der Waals surface area contributed by atoms with E-state index in [1.54, 1.807) is 22.5 Å². The van der Waals surface area contributed by atoms with E-state index < -0.39 is 10.0 Å². The summed E-state index contributed by atoms with van der Waals surface area (Å²) in [5, 5.41) is 5.17. The molecule has 2 fully saturated rings. The van der Waals surface area contributed by atoms with Crippen LogP contribution < -0.4 is 9.62 Å². The molecule has 0 saturated carbocycles. The third kappa shape index (κ3) is 5.49. The van der Waals surface area contributed by atoms with Crippen molar-refractivity contribution < 1.29 is 13.2 Å².